The normalized spacial score (nSPS) is 12.9. The summed E-state index contributed by atoms with van der Waals surface area (Å²) in [5, 5.41) is 0. The molecule has 2 rings (SSSR count). The zero-order valence-electron chi connectivity index (χ0n) is 10.7. The molecule has 0 unspecified atom stereocenters. The highest BCUT2D eigenvalue weighted by atomic mass is 32.2. The Kier molecular flexibility index (Phi) is 4.22. The molecule has 0 fully saturated rings. The summed E-state index contributed by atoms with van der Waals surface area (Å²) < 4.78 is 29.0. The fraction of sp³-hybridized carbons (Fsp3) is 0.200. The molecular weight excluding hydrogens is 260 g/mol. The molecule has 4 heteroatoms. The number of hydrogen-bond acceptors (Lipinski definition) is 3. The second-order valence-electron chi connectivity index (χ2n) is 4.43. The first-order chi connectivity index (χ1) is 9.07. The van der Waals surface area contributed by atoms with Gasteiger partial charge in [-0.15, -0.1) is 0 Å². The summed E-state index contributed by atoms with van der Waals surface area (Å²) in [6.45, 7) is 1.88. The molecule has 2 aromatic carbocycles. The quantitative estimate of drug-likeness (QED) is 0.788. The van der Waals surface area contributed by atoms with Crippen molar-refractivity contribution in [2.45, 2.75) is 12.8 Å². The summed E-state index contributed by atoms with van der Waals surface area (Å²) in [6, 6.07) is 18.1. The van der Waals surface area contributed by atoms with Crippen LogP contribution in [-0.4, -0.2) is 14.2 Å². The molecule has 0 spiro atoms. The van der Waals surface area contributed by atoms with Gasteiger partial charge in [-0.25, -0.2) is 0 Å². The molecule has 1 atom stereocenters. The Morgan fingerprint density at radius 1 is 0.947 bits per heavy atom. The van der Waals surface area contributed by atoms with E-state index in [0.717, 1.165) is 5.56 Å². The van der Waals surface area contributed by atoms with E-state index in [1.165, 1.54) is 0 Å². The lowest BCUT2D eigenvalue weighted by atomic mass is 10.0. The average molecular weight is 276 g/mol. The second-order valence-corrected chi connectivity index (χ2v) is 6.05. The van der Waals surface area contributed by atoms with Crippen LogP contribution in [0.5, 0.6) is 5.75 Å². The van der Waals surface area contributed by atoms with Gasteiger partial charge in [-0.2, -0.15) is 8.42 Å². The van der Waals surface area contributed by atoms with Crippen LogP contribution in [0.25, 0.3) is 0 Å². The van der Waals surface area contributed by atoms with Gasteiger partial charge >= 0.3 is 10.1 Å². The van der Waals surface area contributed by atoms with E-state index in [0.29, 0.717) is 5.75 Å². The zero-order chi connectivity index (χ0) is 13.7. The van der Waals surface area contributed by atoms with E-state index in [9.17, 15) is 8.42 Å². The minimum atomic E-state index is -3.58. The van der Waals surface area contributed by atoms with Gasteiger partial charge in [0.25, 0.3) is 0 Å². The molecule has 19 heavy (non-hydrogen) atoms. The molecule has 0 aliphatic carbocycles. The lowest BCUT2D eigenvalue weighted by molar-refractivity contribution is 0.482. The van der Waals surface area contributed by atoms with Gasteiger partial charge in [0, 0.05) is 0 Å². The molecule has 0 heterocycles. The lowest BCUT2D eigenvalue weighted by Gasteiger charge is -2.12. The highest BCUT2D eigenvalue weighted by molar-refractivity contribution is 7.87. The average Bonchev–Trinajstić information content (AvgIpc) is 2.39. The van der Waals surface area contributed by atoms with Crippen LogP contribution in [0, 0.1) is 0 Å². The van der Waals surface area contributed by atoms with Crippen molar-refractivity contribution in [2.24, 2.45) is 0 Å². The third kappa shape index (κ3) is 4.10. The first-order valence-electron chi connectivity index (χ1n) is 6.09. The van der Waals surface area contributed by atoms with Gasteiger partial charge in [0.2, 0.25) is 0 Å². The molecule has 0 saturated heterocycles. The van der Waals surface area contributed by atoms with Crippen LogP contribution in [0.3, 0.4) is 0 Å². The molecule has 0 N–H and O–H groups in total. The molecule has 0 radical (unpaired) electrons. The van der Waals surface area contributed by atoms with Crippen molar-refractivity contribution < 1.29 is 12.6 Å². The Labute approximate surface area is 114 Å². The van der Waals surface area contributed by atoms with E-state index in [2.05, 4.69) is 0 Å². The third-order valence-corrected chi connectivity index (χ3v) is 4.14. The van der Waals surface area contributed by atoms with Gasteiger partial charge < -0.3 is 4.18 Å². The Morgan fingerprint density at radius 3 is 2.05 bits per heavy atom. The summed E-state index contributed by atoms with van der Waals surface area (Å²) >= 11 is 0. The van der Waals surface area contributed by atoms with Gasteiger partial charge in [-0.3, -0.25) is 0 Å². The fourth-order valence-corrected chi connectivity index (χ4v) is 3.12. The van der Waals surface area contributed by atoms with Gasteiger partial charge in [0.05, 0.1) is 5.75 Å². The Morgan fingerprint density at radius 2 is 1.47 bits per heavy atom. The first-order valence-corrected chi connectivity index (χ1v) is 7.67. The van der Waals surface area contributed by atoms with Crippen molar-refractivity contribution in [1.29, 1.82) is 0 Å². The molecule has 100 valence electrons. The minimum absolute atomic E-state index is 0.0358. The summed E-state index contributed by atoms with van der Waals surface area (Å²) in [5.41, 5.74) is 0.989. The maximum absolute atomic E-state index is 12.0. The molecule has 0 amide bonds. The van der Waals surface area contributed by atoms with Gasteiger partial charge in [0.1, 0.15) is 5.75 Å². The summed E-state index contributed by atoms with van der Waals surface area (Å²) in [4.78, 5) is 0. The number of hydrogen-bond donors (Lipinski definition) is 0. The Balaban J connectivity index is 2.06. The molecule has 0 bridgehead atoms. The topological polar surface area (TPSA) is 43.4 Å². The van der Waals surface area contributed by atoms with Crippen LogP contribution in [0.4, 0.5) is 0 Å². The van der Waals surface area contributed by atoms with Crippen molar-refractivity contribution in [2.75, 3.05) is 5.75 Å². The highest BCUT2D eigenvalue weighted by Crippen LogP contribution is 2.19. The number of benzene rings is 2. The van der Waals surface area contributed by atoms with E-state index >= 15 is 0 Å². The van der Waals surface area contributed by atoms with E-state index in [1.807, 2.05) is 43.3 Å². The molecule has 0 aromatic heterocycles. The zero-order valence-corrected chi connectivity index (χ0v) is 11.5. The lowest BCUT2D eigenvalue weighted by Crippen LogP contribution is -2.18. The molecular formula is C15H16O3S. The van der Waals surface area contributed by atoms with Crippen LogP contribution in [-0.2, 0) is 10.1 Å². The number of para-hydroxylation sites is 1. The molecule has 0 aliphatic heterocycles. The third-order valence-electron chi connectivity index (χ3n) is 2.79. The SMILES string of the molecule is C[C@H](CS(=O)(=O)Oc1ccccc1)c1ccccc1. The highest BCUT2D eigenvalue weighted by Gasteiger charge is 2.18. The Hall–Kier alpha value is -1.81. The van der Waals surface area contributed by atoms with E-state index in [-0.39, 0.29) is 11.7 Å². The fourth-order valence-electron chi connectivity index (χ4n) is 1.84. The van der Waals surface area contributed by atoms with Crippen LogP contribution in [0.1, 0.15) is 18.4 Å². The van der Waals surface area contributed by atoms with Crippen molar-refractivity contribution in [3.63, 3.8) is 0 Å². The monoisotopic (exact) mass is 276 g/mol. The van der Waals surface area contributed by atoms with Gasteiger partial charge in [-0.05, 0) is 23.6 Å². The van der Waals surface area contributed by atoms with Crippen molar-refractivity contribution in [3.05, 3.63) is 66.2 Å². The van der Waals surface area contributed by atoms with Crippen LogP contribution in [0.2, 0.25) is 0 Å². The largest absolute Gasteiger partial charge is 0.382 e. The summed E-state index contributed by atoms with van der Waals surface area (Å²) in [6.07, 6.45) is 0. The van der Waals surface area contributed by atoms with Crippen LogP contribution in [0.15, 0.2) is 60.7 Å². The van der Waals surface area contributed by atoms with Crippen LogP contribution < -0.4 is 4.18 Å². The molecule has 3 nitrogen and oxygen atoms in total. The van der Waals surface area contributed by atoms with Crippen molar-refractivity contribution in [1.82, 2.24) is 0 Å². The van der Waals surface area contributed by atoms with Crippen LogP contribution >= 0.6 is 0 Å². The molecule has 0 saturated carbocycles. The minimum Gasteiger partial charge on any atom is -0.382 e. The van der Waals surface area contributed by atoms with E-state index in [1.54, 1.807) is 24.3 Å². The summed E-state index contributed by atoms with van der Waals surface area (Å²) in [7, 11) is -3.58. The molecule has 2 aromatic rings. The summed E-state index contributed by atoms with van der Waals surface area (Å²) in [5.74, 6) is 0.212. The molecule has 0 aliphatic rings. The second kappa shape index (κ2) is 5.89. The first kappa shape index (κ1) is 13.6. The van der Waals surface area contributed by atoms with Crippen molar-refractivity contribution in [3.8, 4) is 5.75 Å². The van der Waals surface area contributed by atoms with E-state index < -0.39 is 10.1 Å². The predicted octanol–water partition coefficient (Wildman–Crippen LogP) is 3.20. The predicted molar refractivity (Wildman–Crippen MR) is 75.7 cm³/mol. The van der Waals surface area contributed by atoms with Gasteiger partial charge in [0.15, 0.2) is 0 Å². The maximum atomic E-state index is 12.0. The standard InChI is InChI=1S/C15H16O3S/c1-13(14-8-4-2-5-9-14)12-19(16,17)18-15-10-6-3-7-11-15/h2-11,13H,12H2,1H3/t13-/m1/s1. The Bertz CT molecular complexity index is 606. The van der Waals surface area contributed by atoms with Gasteiger partial charge in [-0.1, -0.05) is 55.5 Å². The van der Waals surface area contributed by atoms with E-state index in [4.69, 9.17) is 4.18 Å². The van der Waals surface area contributed by atoms with Crippen molar-refractivity contribution >= 4 is 10.1 Å². The smallest absolute Gasteiger partial charge is 0.309 e. The number of rotatable bonds is 5. The maximum Gasteiger partial charge on any atom is 0.309 e.